The Bertz CT molecular complexity index is 1160. The number of ether oxygens (including phenoxy) is 2. The van der Waals surface area contributed by atoms with Gasteiger partial charge in [0.15, 0.2) is 23.9 Å². The number of carbonyl (C=O) groups excluding carboxylic acids is 2. The summed E-state index contributed by atoms with van der Waals surface area (Å²) in [6.07, 6.45) is 0. The van der Waals surface area contributed by atoms with E-state index in [1.165, 1.54) is 38.3 Å². The lowest BCUT2D eigenvalue weighted by atomic mass is 9.96. The Morgan fingerprint density at radius 3 is 1.89 bits per heavy atom. The van der Waals surface area contributed by atoms with Crippen molar-refractivity contribution in [2.45, 2.75) is 13.0 Å². The van der Waals surface area contributed by atoms with Crippen molar-refractivity contribution >= 4 is 11.7 Å². The van der Waals surface area contributed by atoms with Crippen molar-refractivity contribution in [2.75, 3.05) is 39.9 Å². The Morgan fingerprint density at radius 2 is 1.39 bits per heavy atom. The van der Waals surface area contributed by atoms with E-state index in [9.17, 15) is 18.4 Å². The highest BCUT2D eigenvalue weighted by Gasteiger charge is 2.28. The Hall–Kier alpha value is -3.78. The first-order chi connectivity index (χ1) is 17.4. The number of carbonyl (C=O) groups is 2. The summed E-state index contributed by atoms with van der Waals surface area (Å²) in [5.41, 5.74) is 2.29. The van der Waals surface area contributed by atoms with E-state index in [4.69, 9.17) is 9.47 Å². The number of benzene rings is 3. The fourth-order valence-electron chi connectivity index (χ4n) is 4.37. The van der Waals surface area contributed by atoms with E-state index in [1.54, 1.807) is 47.4 Å². The number of amides is 1. The lowest BCUT2D eigenvalue weighted by Crippen LogP contribution is -2.51. The number of piperazine rings is 1. The lowest BCUT2D eigenvalue weighted by Gasteiger charge is -2.39. The standard InChI is InChI=1S/C28H28F2N2O4/c1-19(33)22-7-12-25(26(17-22)35-2)36-18-27(34)31-13-15-32(16-14-31)28(20-3-8-23(29)9-4-20)21-5-10-24(30)11-6-21/h3-12,17,28H,13-16,18H2,1-2H3. The first kappa shape index (κ1) is 25.3. The van der Waals surface area contributed by atoms with Gasteiger partial charge in [-0.2, -0.15) is 0 Å². The average molecular weight is 495 g/mol. The van der Waals surface area contributed by atoms with Crippen LogP contribution in [0, 0.1) is 11.6 Å². The predicted molar refractivity (Wildman–Crippen MR) is 131 cm³/mol. The van der Waals surface area contributed by atoms with Crippen LogP contribution in [0.1, 0.15) is 34.5 Å². The number of methoxy groups -OCH3 is 1. The number of ketones is 1. The van der Waals surface area contributed by atoms with E-state index in [-0.39, 0.29) is 36.0 Å². The minimum Gasteiger partial charge on any atom is -0.493 e. The predicted octanol–water partition coefficient (Wildman–Crippen LogP) is 4.49. The molecule has 188 valence electrons. The molecule has 1 saturated heterocycles. The molecule has 0 unspecified atom stereocenters. The average Bonchev–Trinajstić information content (AvgIpc) is 2.89. The monoisotopic (exact) mass is 494 g/mol. The summed E-state index contributed by atoms with van der Waals surface area (Å²) < 4.78 is 38.1. The molecule has 0 spiro atoms. The summed E-state index contributed by atoms with van der Waals surface area (Å²) in [7, 11) is 1.48. The number of Topliss-reactive ketones (excluding diaryl/α,β-unsaturated/α-hetero) is 1. The molecule has 3 aromatic rings. The smallest absolute Gasteiger partial charge is 0.260 e. The molecule has 1 amide bonds. The molecule has 8 heteroatoms. The molecule has 0 bridgehead atoms. The van der Waals surface area contributed by atoms with E-state index >= 15 is 0 Å². The maximum absolute atomic E-state index is 13.5. The molecular weight excluding hydrogens is 466 g/mol. The minimum absolute atomic E-state index is 0.0895. The van der Waals surface area contributed by atoms with Gasteiger partial charge in [0.1, 0.15) is 11.6 Å². The van der Waals surface area contributed by atoms with Crippen molar-refractivity contribution < 1.29 is 27.8 Å². The van der Waals surface area contributed by atoms with E-state index in [1.807, 2.05) is 0 Å². The van der Waals surface area contributed by atoms with Gasteiger partial charge >= 0.3 is 0 Å². The van der Waals surface area contributed by atoms with Gasteiger partial charge in [-0.05, 0) is 60.5 Å². The van der Waals surface area contributed by atoms with Crippen LogP contribution in [0.25, 0.3) is 0 Å². The van der Waals surface area contributed by atoms with Crippen LogP contribution in [-0.2, 0) is 4.79 Å². The van der Waals surface area contributed by atoms with Gasteiger partial charge in [-0.3, -0.25) is 14.5 Å². The van der Waals surface area contributed by atoms with Crippen LogP contribution in [0.15, 0.2) is 66.7 Å². The molecule has 0 atom stereocenters. The Kier molecular flexibility index (Phi) is 7.95. The van der Waals surface area contributed by atoms with Gasteiger partial charge < -0.3 is 14.4 Å². The second-order valence-electron chi connectivity index (χ2n) is 8.63. The molecule has 1 fully saturated rings. The second-order valence-corrected chi connectivity index (χ2v) is 8.63. The van der Waals surface area contributed by atoms with Crippen molar-refractivity contribution in [1.29, 1.82) is 0 Å². The Morgan fingerprint density at radius 1 is 0.833 bits per heavy atom. The van der Waals surface area contributed by atoms with Crippen molar-refractivity contribution in [3.8, 4) is 11.5 Å². The molecule has 6 nitrogen and oxygen atoms in total. The molecular formula is C28H28F2N2O4. The zero-order valence-corrected chi connectivity index (χ0v) is 20.2. The maximum atomic E-state index is 13.5. The highest BCUT2D eigenvalue weighted by molar-refractivity contribution is 5.94. The number of rotatable bonds is 8. The van der Waals surface area contributed by atoms with Gasteiger partial charge in [0.2, 0.25) is 0 Å². The maximum Gasteiger partial charge on any atom is 0.260 e. The third kappa shape index (κ3) is 5.88. The third-order valence-corrected chi connectivity index (χ3v) is 6.32. The highest BCUT2D eigenvalue weighted by atomic mass is 19.1. The first-order valence-corrected chi connectivity index (χ1v) is 11.7. The number of hydrogen-bond donors (Lipinski definition) is 0. The van der Waals surface area contributed by atoms with Crippen LogP contribution < -0.4 is 9.47 Å². The van der Waals surface area contributed by atoms with Gasteiger partial charge in [0.05, 0.1) is 13.2 Å². The first-order valence-electron chi connectivity index (χ1n) is 11.7. The van der Waals surface area contributed by atoms with Crippen molar-refractivity contribution in [1.82, 2.24) is 9.80 Å². The molecule has 3 aromatic carbocycles. The van der Waals surface area contributed by atoms with Crippen LogP contribution in [0.3, 0.4) is 0 Å². The van der Waals surface area contributed by atoms with E-state index in [2.05, 4.69) is 4.90 Å². The van der Waals surface area contributed by atoms with Crippen LogP contribution in [-0.4, -0.2) is 61.4 Å². The van der Waals surface area contributed by atoms with E-state index < -0.39 is 0 Å². The summed E-state index contributed by atoms with van der Waals surface area (Å²) in [5, 5.41) is 0. The SMILES string of the molecule is COc1cc(C(C)=O)ccc1OCC(=O)N1CCN(C(c2ccc(F)cc2)c2ccc(F)cc2)CC1. The van der Waals surface area contributed by atoms with Crippen molar-refractivity contribution in [3.63, 3.8) is 0 Å². The number of halogens is 2. The van der Waals surface area contributed by atoms with E-state index in [0.29, 0.717) is 43.2 Å². The molecule has 1 heterocycles. The van der Waals surface area contributed by atoms with E-state index in [0.717, 1.165) is 11.1 Å². The normalized spacial score (nSPS) is 14.1. The van der Waals surface area contributed by atoms with Crippen molar-refractivity contribution in [2.24, 2.45) is 0 Å². The minimum atomic E-state index is -0.320. The number of nitrogens with zero attached hydrogens (tertiary/aromatic N) is 2. The van der Waals surface area contributed by atoms with Gasteiger partial charge in [-0.1, -0.05) is 24.3 Å². The molecule has 0 N–H and O–H groups in total. The molecule has 4 rings (SSSR count). The molecule has 0 aliphatic carbocycles. The quantitative estimate of drug-likeness (QED) is 0.432. The van der Waals surface area contributed by atoms with Gasteiger partial charge in [-0.15, -0.1) is 0 Å². The molecule has 0 saturated carbocycles. The van der Waals surface area contributed by atoms with Crippen molar-refractivity contribution in [3.05, 3.63) is 95.1 Å². The topological polar surface area (TPSA) is 59.1 Å². The van der Waals surface area contributed by atoms with Crippen LogP contribution >= 0.6 is 0 Å². The highest BCUT2D eigenvalue weighted by Crippen LogP contribution is 2.31. The zero-order valence-electron chi connectivity index (χ0n) is 20.2. The molecule has 0 radical (unpaired) electrons. The summed E-state index contributed by atoms with van der Waals surface area (Å²) in [4.78, 5) is 28.4. The largest absolute Gasteiger partial charge is 0.493 e. The van der Waals surface area contributed by atoms with Crippen LogP contribution in [0.2, 0.25) is 0 Å². The zero-order chi connectivity index (χ0) is 25.7. The van der Waals surface area contributed by atoms with Gasteiger partial charge in [0.25, 0.3) is 5.91 Å². The van der Waals surface area contributed by atoms with Gasteiger partial charge in [0, 0.05) is 31.7 Å². The molecule has 36 heavy (non-hydrogen) atoms. The van der Waals surface area contributed by atoms with Crippen LogP contribution in [0.4, 0.5) is 8.78 Å². The summed E-state index contributed by atoms with van der Waals surface area (Å²) in [6, 6.07) is 17.3. The fourth-order valence-corrected chi connectivity index (χ4v) is 4.37. The second kappa shape index (κ2) is 11.3. The molecule has 1 aliphatic heterocycles. The molecule has 1 aliphatic rings. The summed E-state index contributed by atoms with van der Waals surface area (Å²) >= 11 is 0. The summed E-state index contributed by atoms with van der Waals surface area (Å²) in [5.74, 6) is -0.107. The lowest BCUT2D eigenvalue weighted by molar-refractivity contribution is -0.135. The fraction of sp³-hybridized carbons (Fsp3) is 0.286. The number of hydrogen-bond acceptors (Lipinski definition) is 5. The van der Waals surface area contributed by atoms with Crippen LogP contribution in [0.5, 0.6) is 11.5 Å². The van der Waals surface area contributed by atoms with Gasteiger partial charge in [-0.25, -0.2) is 8.78 Å². The summed E-state index contributed by atoms with van der Waals surface area (Å²) in [6.45, 7) is 3.46. The third-order valence-electron chi connectivity index (χ3n) is 6.32. The Labute approximate surface area is 209 Å². The Balaban J connectivity index is 1.41. The molecule has 0 aromatic heterocycles.